The summed E-state index contributed by atoms with van der Waals surface area (Å²) in [4.78, 5) is 30.7. The SMILES string of the molecule is COC(=O)C1=C(C)N=c2s/c(=C\c3c(F)cccc3Cl)c(=O)n2[C@H]1c1ccccc1. The highest BCUT2D eigenvalue weighted by molar-refractivity contribution is 7.07. The number of aromatic nitrogens is 1. The van der Waals surface area contributed by atoms with E-state index in [1.165, 1.54) is 29.9 Å². The fourth-order valence-electron chi connectivity index (χ4n) is 3.42. The molecule has 152 valence electrons. The van der Waals surface area contributed by atoms with Crippen molar-refractivity contribution in [2.45, 2.75) is 13.0 Å². The minimum Gasteiger partial charge on any atom is -0.466 e. The van der Waals surface area contributed by atoms with E-state index in [1.54, 1.807) is 13.0 Å². The number of hydrogen-bond acceptors (Lipinski definition) is 5. The number of fused-ring (bicyclic) bond motifs is 1. The van der Waals surface area contributed by atoms with Crippen molar-refractivity contribution in [3.8, 4) is 0 Å². The summed E-state index contributed by atoms with van der Waals surface area (Å²) in [6.07, 6.45) is 1.42. The van der Waals surface area contributed by atoms with E-state index >= 15 is 0 Å². The molecular formula is C22H16ClFN2O3S. The van der Waals surface area contributed by atoms with Crippen LogP contribution in [-0.4, -0.2) is 17.6 Å². The maximum absolute atomic E-state index is 14.3. The minimum atomic E-state index is -0.701. The number of benzene rings is 2. The number of halogens is 2. The topological polar surface area (TPSA) is 60.7 Å². The molecule has 0 spiro atoms. The summed E-state index contributed by atoms with van der Waals surface area (Å²) in [5.74, 6) is -1.09. The maximum Gasteiger partial charge on any atom is 0.338 e. The van der Waals surface area contributed by atoms with Gasteiger partial charge in [-0.3, -0.25) is 9.36 Å². The number of carbonyl (C=O) groups is 1. The first-order valence-corrected chi connectivity index (χ1v) is 10.2. The average Bonchev–Trinajstić information content (AvgIpc) is 3.04. The molecule has 0 N–H and O–H groups in total. The van der Waals surface area contributed by atoms with Gasteiger partial charge in [0.2, 0.25) is 0 Å². The molecule has 1 aliphatic heterocycles. The third-order valence-corrected chi connectivity index (χ3v) is 6.13. The molecule has 0 radical (unpaired) electrons. The van der Waals surface area contributed by atoms with Gasteiger partial charge in [0.1, 0.15) is 5.82 Å². The number of rotatable bonds is 3. The Hall–Kier alpha value is -3.03. The standard InChI is InChI=1S/C22H16ClFN2O3S/c1-12-18(21(28)29-2)19(13-7-4-3-5-8-13)26-20(27)17(30-22(26)25-12)11-14-15(23)9-6-10-16(14)24/h3-11,19H,1-2H3/b17-11-/t19-/m0/s1. The zero-order valence-corrected chi connectivity index (χ0v) is 17.6. The molecule has 0 bridgehead atoms. The molecule has 8 heteroatoms. The molecule has 1 atom stereocenters. The zero-order chi connectivity index (χ0) is 21.4. The van der Waals surface area contributed by atoms with Crippen LogP contribution in [0.1, 0.15) is 24.1 Å². The Labute approximate surface area is 180 Å². The molecule has 2 aromatic carbocycles. The second-order valence-electron chi connectivity index (χ2n) is 6.62. The van der Waals surface area contributed by atoms with Gasteiger partial charge < -0.3 is 4.74 Å². The van der Waals surface area contributed by atoms with Gasteiger partial charge in [0.05, 0.1) is 34.0 Å². The first-order valence-electron chi connectivity index (χ1n) is 9.02. The van der Waals surface area contributed by atoms with Crippen molar-refractivity contribution in [2.75, 3.05) is 7.11 Å². The summed E-state index contributed by atoms with van der Waals surface area (Å²) in [5, 5.41) is 0.201. The molecule has 1 aliphatic rings. The van der Waals surface area contributed by atoms with E-state index in [4.69, 9.17) is 16.3 Å². The number of allylic oxidation sites excluding steroid dienone is 1. The van der Waals surface area contributed by atoms with Crippen LogP contribution in [0.15, 0.2) is 69.6 Å². The largest absolute Gasteiger partial charge is 0.466 e. The quantitative estimate of drug-likeness (QED) is 0.585. The first-order chi connectivity index (χ1) is 14.4. The van der Waals surface area contributed by atoms with Gasteiger partial charge >= 0.3 is 5.97 Å². The van der Waals surface area contributed by atoms with Gasteiger partial charge in [-0.1, -0.05) is 59.3 Å². The van der Waals surface area contributed by atoms with E-state index in [-0.39, 0.29) is 26.3 Å². The van der Waals surface area contributed by atoms with E-state index in [0.717, 1.165) is 16.9 Å². The van der Waals surface area contributed by atoms with E-state index in [2.05, 4.69) is 4.99 Å². The molecule has 0 unspecified atom stereocenters. The number of thiazole rings is 1. The summed E-state index contributed by atoms with van der Waals surface area (Å²) in [6.45, 7) is 1.70. The molecule has 0 amide bonds. The average molecular weight is 443 g/mol. The second-order valence-corrected chi connectivity index (χ2v) is 8.04. The number of carbonyl (C=O) groups excluding carboxylic acids is 1. The molecule has 2 heterocycles. The number of ether oxygens (including phenoxy) is 1. The Balaban J connectivity index is 2.01. The normalized spacial score (nSPS) is 16.3. The predicted molar refractivity (Wildman–Crippen MR) is 114 cm³/mol. The fourth-order valence-corrected chi connectivity index (χ4v) is 4.67. The van der Waals surface area contributed by atoms with Crippen LogP contribution >= 0.6 is 22.9 Å². The van der Waals surface area contributed by atoms with Crippen molar-refractivity contribution in [3.63, 3.8) is 0 Å². The molecule has 0 fully saturated rings. The predicted octanol–water partition coefficient (Wildman–Crippen LogP) is 3.20. The van der Waals surface area contributed by atoms with E-state index in [0.29, 0.717) is 10.5 Å². The van der Waals surface area contributed by atoms with E-state index in [9.17, 15) is 14.0 Å². The Kier molecular flexibility index (Phi) is 5.40. The van der Waals surface area contributed by atoms with Crippen LogP contribution in [0.2, 0.25) is 5.02 Å². The molecule has 30 heavy (non-hydrogen) atoms. The highest BCUT2D eigenvalue weighted by Crippen LogP contribution is 2.30. The van der Waals surface area contributed by atoms with Crippen molar-refractivity contribution in [3.05, 3.63) is 101 Å². The van der Waals surface area contributed by atoms with E-state index in [1.807, 2.05) is 30.3 Å². The number of esters is 1. The maximum atomic E-state index is 14.3. The van der Waals surface area contributed by atoms with Crippen LogP contribution in [0.4, 0.5) is 4.39 Å². The highest BCUT2D eigenvalue weighted by Gasteiger charge is 2.32. The number of hydrogen-bond donors (Lipinski definition) is 0. The first kappa shape index (κ1) is 20.3. The van der Waals surface area contributed by atoms with E-state index < -0.39 is 17.8 Å². The van der Waals surface area contributed by atoms with Crippen LogP contribution < -0.4 is 14.9 Å². The lowest BCUT2D eigenvalue weighted by atomic mass is 9.96. The highest BCUT2D eigenvalue weighted by atomic mass is 35.5. The molecule has 1 aromatic heterocycles. The Morgan fingerprint density at radius 2 is 1.97 bits per heavy atom. The lowest BCUT2D eigenvalue weighted by Gasteiger charge is -2.24. The third kappa shape index (κ3) is 3.40. The zero-order valence-electron chi connectivity index (χ0n) is 16.1. The fraction of sp³-hybridized carbons (Fsp3) is 0.136. The molecule has 0 aliphatic carbocycles. The van der Waals surface area contributed by atoms with Gasteiger partial charge in [0, 0.05) is 5.56 Å². The third-order valence-electron chi connectivity index (χ3n) is 4.82. The molecule has 4 rings (SSSR count). The molecule has 5 nitrogen and oxygen atoms in total. The van der Waals surface area contributed by atoms with Gasteiger partial charge in [0.15, 0.2) is 4.80 Å². The summed E-state index contributed by atoms with van der Waals surface area (Å²) in [6, 6.07) is 12.8. The van der Waals surface area contributed by atoms with Crippen molar-refractivity contribution in [1.29, 1.82) is 0 Å². The number of nitrogens with zero attached hydrogens (tertiary/aromatic N) is 2. The van der Waals surface area contributed by atoms with Crippen molar-refractivity contribution in [1.82, 2.24) is 4.57 Å². The van der Waals surface area contributed by atoms with Crippen LogP contribution in [-0.2, 0) is 9.53 Å². The van der Waals surface area contributed by atoms with Crippen LogP contribution in [0.5, 0.6) is 0 Å². The monoisotopic (exact) mass is 442 g/mol. The number of methoxy groups -OCH3 is 1. The molecular weight excluding hydrogens is 427 g/mol. The summed E-state index contributed by atoms with van der Waals surface area (Å²) < 4.78 is 20.9. The lowest BCUT2D eigenvalue weighted by molar-refractivity contribution is -0.136. The van der Waals surface area contributed by atoms with Crippen molar-refractivity contribution < 1.29 is 13.9 Å². The Morgan fingerprint density at radius 3 is 2.63 bits per heavy atom. The smallest absolute Gasteiger partial charge is 0.338 e. The molecule has 3 aromatic rings. The van der Waals surface area contributed by atoms with Gasteiger partial charge in [-0.05, 0) is 30.7 Å². The Morgan fingerprint density at radius 1 is 1.23 bits per heavy atom. The molecule has 0 saturated heterocycles. The van der Waals surface area contributed by atoms with Crippen molar-refractivity contribution in [2.24, 2.45) is 4.99 Å². The summed E-state index contributed by atoms with van der Waals surface area (Å²) in [7, 11) is 1.29. The van der Waals surface area contributed by atoms with Crippen LogP contribution in [0.3, 0.4) is 0 Å². The van der Waals surface area contributed by atoms with Crippen LogP contribution in [0.25, 0.3) is 6.08 Å². The van der Waals surface area contributed by atoms with Gasteiger partial charge in [-0.2, -0.15) is 0 Å². The summed E-state index contributed by atoms with van der Waals surface area (Å²) >= 11 is 7.24. The van der Waals surface area contributed by atoms with Gasteiger partial charge in [-0.15, -0.1) is 0 Å². The second kappa shape index (κ2) is 8.01. The lowest BCUT2D eigenvalue weighted by Crippen LogP contribution is -2.39. The Bertz CT molecular complexity index is 1340. The van der Waals surface area contributed by atoms with Gasteiger partial charge in [0.25, 0.3) is 5.56 Å². The van der Waals surface area contributed by atoms with Gasteiger partial charge in [-0.25, -0.2) is 14.2 Å². The van der Waals surface area contributed by atoms with Crippen LogP contribution in [0, 0.1) is 5.82 Å². The minimum absolute atomic E-state index is 0.129. The van der Waals surface area contributed by atoms with Crippen molar-refractivity contribution >= 4 is 35.0 Å². The molecule has 0 saturated carbocycles. The summed E-state index contributed by atoms with van der Waals surface area (Å²) in [5.41, 5.74) is 1.23.